The van der Waals surface area contributed by atoms with Crippen molar-refractivity contribution < 1.29 is 19.0 Å². The molecule has 1 fully saturated rings. The molecular weight excluding hydrogens is 430 g/mol. The Balaban J connectivity index is 1.27. The Bertz CT molecular complexity index is 941. The van der Waals surface area contributed by atoms with Gasteiger partial charge in [0.25, 0.3) is 0 Å². The van der Waals surface area contributed by atoms with E-state index < -0.39 is 0 Å². The van der Waals surface area contributed by atoms with Gasteiger partial charge in [0.2, 0.25) is 0 Å². The smallest absolute Gasteiger partial charge is 0.409 e. The van der Waals surface area contributed by atoms with E-state index in [4.69, 9.17) is 14.2 Å². The SMILES string of the molecule is CCOC(=O)N1CCN(CCCOc2ccc3c(c2)CN(C)CC3c2ccc(OC)cc2)CC1. The van der Waals surface area contributed by atoms with E-state index in [1.54, 1.807) is 12.0 Å². The predicted octanol–water partition coefficient (Wildman–Crippen LogP) is 3.82. The molecule has 0 aromatic heterocycles. The van der Waals surface area contributed by atoms with E-state index in [0.717, 1.165) is 63.7 Å². The number of fused-ring (bicyclic) bond motifs is 1. The predicted molar refractivity (Wildman–Crippen MR) is 133 cm³/mol. The number of hydrogen-bond donors (Lipinski definition) is 0. The van der Waals surface area contributed by atoms with Crippen LogP contribution in [0.2, 0.25) is 0 Å². The zero-order chi connectivity index (χ0) is 23.9. The summed E-state index contributed by atoms with van der Waals surface area (Å²) in [7, 11) is 3.88. The molecule has 1 atom stereocenters. The number of carbonyl (C=O) groups excluding carboxylic acids is 1. The molecule has 2 aliphatic rings. The molecule has 7 heteroatoms. The largest absolute Gasteiger partial charge is 0.497 e. The van der Waals surface area contributed by atoms with Crippen LogP contribution in [0.4, 0.5) is 4.79 Å². The Morgan fingerprint density at radius 1 is 1.03 bits per heavy atom. The summed E-state index contributed by atoms with van der Waals surface area (Å²) in [4.78, 5) is 18.4. The lowest BCUT2D eigenvalue weighted by Crippen LogP contribution is -2.49. The lowest BCUT2D eigenvalue weighted by molar-refractivity contribution is 0.0782. The zero-order valence-corrected chi connectivity index (χ0v) is 20.7. The van der Waals surface area contributed by atoms with Gasteiger partial charge in [-0.2, -0.15) is 0 Å². The van der Waals surface area contributed by atoms with Crippen LogP contribution in [0.25, 0.3) is 0 Å². The van der Waals surface area contributed by atoms with Gasteiger partial charge in [-0.05, 0) is 61.3 Å². The van der Waals surface area contributed by atoms with Crippen LogP contribution in [0.5, 0.6) is 11.5 Å². The van der Waals surface area contributed by atoms with Crippen LogP contribution in [-0.2, 0) is 11.3 Å². The fourth-order valence-corrected chi connectivity index (χ4v) is 4.88. The van der Waals surface area contributed by atoms with Crippen molar-refractivity contribution in [2.45, 2.75) is 25.8 Å². The Kier molecular flexibility index (Phi) is 8.29. The van der Waals surface area contributed by atoms with Crippen LogP contribution < -0.4 is 9.47 Å². The van der Waals surface area contributed by atoms with Crippen molar-refractivity contribution in [3.63, 3.8) is 0 Å². The second-order valence-electron chi connectivity index (χ2n) is 9.11. The molecule has 2 heterocycles. The van der Waals surface area contributed by atoms with E-state index in [0.29, 0.717) is 19.1 Å². The Labute approximate surface area is 203 Å². The fourth-order valence-electron chi connectivity index (χ4n) is 4.88. The number of rotatable bonds is 8. The normalized spacial score (nSPS) is 18.9. The van der Waals surface area contributed by atoms with Gasteiger partial charge in [0.05, 0.1) is 20.3 Å². The molecule has 0 saturated carbocycles. The Hall–Kier alpha value is -2.77. The summed E-state index contributed by atoms with van der Waals surface area (Å²) < 4.78 is 16.5. The van der Waals surface area contributed by atoms with Gasteiger partial charge in [0.1, 0.15) is 11.5 Å². The number of amides is 1. The molecule has 2 aliphatic heterocycles. The summed E-state index contributed by atoms with van der Waals surface area (Å²) >= 11 is 0. The van der Waals surface area contributed by atoms with Gasteiger partial charge in [0.15, 0.2) is 0 Å². The highest BCUT2D eigenvalue weighted by Gasteiger charge is 2.25. The number of nitrogens with zero attached hydrogens (tertiary/aromatic N) is 3. The number of ether oxygens (including phenoxy) is 3. The first kappa shape index (κ1) is 24.4. The summed E-state index contributed by atoms with van der Waals surface area (Å²) in [5, 5.41) is 0. The summed E-state index contributed by atoms with van der Waals surface area (Å²) in [5.74, 6) is 2.18. The van der Waals surface area contributed by atoms with Crippen molar-refractivity contribution in [3.8, 4) is 11.5 Å². The molecule has 0 spiro atoms. The summed E-state index contributed by atoms with van der Waals surface area (Å²) in [6.07, 6.45) is 0.767. The molecule has 0 radical (unpaired) electrons. The average molecular weight is 468 g/mol. The summed E-state index contributed by atoms with van der Waals surface area (Å²) in [5.41, 5.74) is 4.03. The van der Waals surface area contributed by atoms with E-state index in [2.05, 4.69) is 47.2 Å². The van der Waals surface area contributed by atoms with Crippen LogP contribution in [0.3, 0.4) is 0 Å². The van der Waals surface area contributed by atoms with Gasteiger partial charge in [-0.3, -0.25) is 4.90 Å². The quantitative estimate of drug-likeness (QED) is 0.551. The number of benzene rings is 2. The number of likely N-dealkylation sites (N-methyl/N-ethyl adjacent to an activating group) is 1. The lowest BCUT2D eigenvalue weighted by atomic mass is 9.84. The highest BCUT2D eigenvalue weighted by molar-refractivity contribution is 5.67. The minimum absolute atomic E-state index is 0.197. The van der Waals surface area contributed by atoms with Crippen molar-refractivity contribution in [2.75, 3.05) is 66.6 Å². The second-order valence-corrected chi connectivity index (χ2v) is 9.11. The monoisotopic (exact) mass is 467 g/mol. The van der Waals surface area contributed by atoms with E-state index in [1.807, 2.05) is 19.1 Å². The molecule has 1 saturated heterocycles. The van der Waals surface area contributed by atoms with Gasteiger partial charge in [-0.25, -0.2) is 4.79 Å². The molecule has 4 rings (SSSR count). The maximum absolute atomic E-state index is 11.8. The minimum atomic E-state index is -0.197. The van der Waals surface area contributed by atoms with Gasteiger partial charge in [0, 0.05) is 51.7 Å². The molecule has 184 valence electrons. The topological polar surface area (TPSA) is 54.5 Å². The van der Waals surface area contributed by atoms with Crippen LogP contribution in [0.15, 0.2) is 42.5 Å². The summed E-state index contributed by atoms with van der Waals surface area (Å²) in [6.45, 7) is 9.10. The Morgan fingerprint density at radius 3 is 2.47 bits per heavy atom. The molecule has 7 nitrogen and oxygen atoms in total. The van der Waals surface area contributed by atoms with Crippen molar-refractivity contribution >= 4 is 6.09 Å². The van der Waals surface area contributed by atoms with Crippen molar-refractivity contribution in [1.82, 2.24) is 14.7 Å². The average Bonchev–Trinajstić information content (AvgIpc) is 2.86. The number of methoxy groups -OCH3 is 1. The molecule has 34 heavy (non-hydrogen) atoms. The number of carbonyl (C=O) groups is 1. The maximum atomic E-state index is 11.8. The summed E-state index contributed by atoms with van der Waals surface area (Å²) in [6, 6.07) is 15.0. The highest BCUT2D eigenvalue weighted by Crippen LogP contribution is 2.35. The lowest BCUT2D eigenvalue weighted by Gasteiger charge is -2.34. The van der Waals surface area contributed by atoms with Gasteiger partial charge >= 0.3 is 6.09 Å². The van der Waals surface area contributed by atoms with E-state index in [9.17, 15) is 4.79 Å². The maximum Gasteiger partial charge on any atom is 0.409 e. The van der Waals surface area contributed by atoms with Gasteiger partial charge in [-0.1, -0.05) is 18.2 Å². The fraction of sp³-hybridized carbons (Fsp3) is 0.519. The van der Waals surface area contributed by atoms with E-state index >= 15 is 0 Å². The van der Waals surface area contributed by atoms with E-state index in [-0.39, 0.29) is 6.09 Å². The third-order valence-corrected chi connectivity index (χ3v) is 6.73. The minimum Gasteiger partial charge on any atom is -0.497 e. The standard InChI is InChI=1S/C27H37N3O4/c1-4-33-27(31)30-15-13-29(14-16-30)12-5-17-34-24-10-11-25-22(18-24)19-28(2)20-26(25)21-6-8-23(32-3)9-7-21/h6-11,18,26H,4-5,12-17,19-20H2,1-3H3. The molecule has 2 aromatic rings. The molecule has 1 unspecified atom stereocenters. The molecule has 1 amide bonds. The van der Waals surface area contributed by atoms with Crippen LogP contribution in [-0.4, -0.2) is 87.4 Å². The molecule has 2 aromatic carbocycles. The third-order valence-electron chi connectivity index (χ3n) is 6.73. The van der Waals surface area contributed by atoms with Crippen LogP contribution in [0.1, 0.15) is 36.0 Å². The Morgan fingerprint density at radius 2 is 1.76 bits per heavy atom. The first-order valence-electron chi connectivity index (χ1n) is 12.3. The molecule has 0 aliphatic carbocycles. The molecule has 0 bridgehead atoms. The van der Waals surface area contributed by atoms with Crippen molar-refractivity contribution in [1.29, 1.82) is 0 Å². The van der Waals surface area contributed by atoms with Crippen molar-refractivity contribution in [2.24, 2.45) is 0 Å². The zero-order valence-electron chi connectivity index (χ0n) is 20.7. The molecule has 0 N–H and O–H groups in total. The highest BCUT2D eigenvalue weighted by atomic mass is 16.6. The van der Waals surface area contributed by atoms with Crippen molar-refractivity contribution in [3.05, 3.63) is 59.2 Å². The van der Waals surface area contributed by atoms with Crippen LogP contribution >= 0.6 is 0 Å². The van der Waals surface area contributed by atoms with Gasteiger partial charge in [-0.15, -0.1) is 0 Å². The third kappa shape index (κ3) is 6.02. The number of hydrogen-bond acceptors (Lipinski definition) is 6. The first-order chi connectivity index (χ1) is 16.6. The van der Waals surface area contributed by atoms with Gasteiger partial charge < -0.3 is 24.0 Å². The van der Waals surface area contributed by atoms with E-state index in [1.165, 1.54) is 16.7 Å². The van der Waals surface area contributed by atoms with Crippen LogP contribution in [0, 0.1) is 0 Å². The number of piperazine rings is 1. The first-order valence-corrected chi connectivity index (χ1v) is 12.3. The molecular formula is C27H37N3O4. The second kappa shape index (κ2) is 11.6.